The molecule has 0 heterocycles. The number of amides is 1. The molecule has 0 aromatic heterocycles. The van der Waals surface area contributed by atoms with Gasteiger partial charge < -0.3 is 15.4 Å². The number of hydrogen-bond donors (Lipinski definition) is 3. The van der Waals surface area contributed by atoms with E-state index in [2.05, 4.69) is 5.43 Å². The van der Waals surface area contributed by atoms with Crippen LogP contribution in [-0.4, -0.2) is 40.5 Å². The second-order valence-electron chi connectivity index (χ2n) is 4.50. The lowest BCUT2D eigenvalue weighted by atomic mass is 10.1. The minimum Gasteiger partial charge on any atom is -0.395 e. The fourth-order valence-electron chi connectivity index (χ4n) is 1.91. The van der Waals surface area contributed by atoms with Crippen molar-refractivity contribution in [2.75, 3.05) is 25.1 Å². The Bertz CT molecular complexity index is 507. The van der Waals surface area contributed by atoms with Gasteiger partial charge in [-0.05, 0) is 18.6 Å². The third-order valence-corrected chi connectivity index (χ3v) is 3.03. The number of nitro groups is 1. The minimum atomic E-state index is -0.607. The summed E-state index contributed by atoms with van der Waals surface area (Å²) in [5.74, 6) is 4.79. The van der Waals surface area contributed by atoms with Crippen molar-refractivity contribution in [3.8, 4) is 0 Å². The van der Waals surface area contributed by atoms with E-state index in [4.69, 9.17) is 10.9 Å². The molecule has 0 saturated heterocycles. The molecule has 8 heteroatoms. The third-order valence-electron chi connectivity index (χ3n) is 3.03. The van der Waals surface area contributed by atoms with E-state index in [0.717, 1.165) is 12.8 Å². The largest absolute Gasteiger partial charge is 0.395 e. The van der Waals surface area contributed by atoms with Crippen molar-refractivity contribution in [1.82, 2.24) is 4.90 Å². The number of nitrogen functional groups attached to an aromatic ring is 1. The summed E-state index contributed by atoms with van der Waals surface area (Å²) in [7, 11) is 0. The molecule has 1 rings (SSSR count). The van der Waals surface area contributed by atoms with Crippen LogP contribution in [0.1, 0.15) is 30.1 Å². The van der Waals surface area contributed by atoms with Crippen LogP contribution in [0.4, 0.5) is 11.4 Å². The maximum absolute atomic E-state index is 12.5. The van der Waals surface area contributed by atoms with E-state index < -0.39 is 10.8 Å². The summed E-state index contributed by atoms with van der Waals surface area (Å²) in [5, 5.41) is 20.1. The highest BCUT2D eigenvalue weighted by atomic mass is 16.6. The van der Waals surface area contributed by atoms with Gasteiger partial charge in [-0.25, -0.2) is 0 Å². The number of nitrogens with two attached hydrogens (primary N) is 1. The summed E-state index contributed by atoms with van der Waals surface area (Å²) >= 11 is 0. The normalized spacial score (nSPS) is 10.2. The molecule has 0 unspecified atom stereocenters. The Kier molecular flexibility index (Phi) is 6.57. The molecule has 8 nitrogen and oxygen atoms in total. The Hall–Kier alpha value is -2.19. The number of carbonyl (C=O) groups excluding carboxylic acids is 1. The maximum atomic E-state index is 12.5. The average Bonchev–Trinajstić information content (AvgIpc) is 2.49. The van der Waals surface area contributed by atoms with Gasteiger partial charge in [0.1, 0.15) is 5.56 Å². The quantitative estimate of drug-likeness (QED) is 0.375. The van der Waals surface area contributed by atoms with Gasteiger partial charge in [0.15, 0.2) is 0 Å². The van der Waals surface area contributed by atoms with Crippen LogP contribution in [0.15, 0.2) is 18.2 Å². The molecule has 0 aliphatic heterocycles. The Morgan fingerprint density at radius 3 is 2.71 bits per heavy atom. The Morgan fingerprint density at radius 1 is 1.48 bits per heavy atom. The number of rotatable bonds is 8. The van der Waals surface area contributed by atoms with E-state index in [-0.39, 0.29) is 24.4 Å². The van der Waals surface area contributed by atoms with Crippen molar-refractivity contribution < 1.29 is 14.8 Å². The molecule has 0 spiro atoms. The van der Waals surface area contributed by atoms with Gasteiger partial charge in [-0.3, -0.25) is 20.8 Å². The van der Waals surface area contributed by atoms with Crippen LogP contribution in [0, 0.1) is 10.1 Å². The molecule has 0 aliphatic carbocycles. The van der Waals surface area contributed by atoms with Gasteiger partial charge in [0.2, 0.25) is 0 Å². The van der Waals surface area contributed by atoms with Gasteiger partial charge >= 0.3 is 0 Å². The van der Waals surface area contributed by atoms with E-state index in [9.17, 15) is 14.9 Å². The highest BCUT2D eigenvalue weighted by Gasteiger charge is 2.24. The van der Waals surface area contributed by atoms with E-state index in [1.54, 1.807) is 0 Å². The summed E-state index contributed by atoms with van der Waals surface area (Å²) in [6, 6.07) is 4.01. The monoisotopic (exact) mass is 296 g/mol. The van der Waals surface area contributed by atoms with Crippen LogP contribution in [0.3, 0.4) is 0 Å². The minimum absolute atomic E-state index is 0.0417. The molecule has 0 saturated carbocycles. The molecule has 21 heavy (non-hydrogen) atoms. The summed E-state index contributed by atoms with van der Waals surface area (Å²) in [6.45, 7) is 2.35. The molecular formula is C13H20N4O4. The number of aliphatic hydroxyl groups is 1. The summed E-state index contributed by atoms with van der Waals surface area (Å²) in [6.07, 6.45) is 1.63. The number of carbonyl (C=O) groups is 1. The number of benzene rings is 1. The van der Waals surface area contributed by atoms with Gasteiger partial charge in [0.05, 0.1) is 11.5 Å². The first-order valence-electron chi connectivity index (χ1n) is 6.70. The number of aliphatic hydroxyl groups excluding tert-OH is 1. The average molecular weight is 296 g/mol. The van der Waals surface area contributed by atoms with Crippen LogP contribution in [0.5, 0.6) is 0 Å². The lowest BCUT2D eigenvalue weighted by Gasteiger charge is -2.21. The number of nitrogens with zero attached hydrogens (tertiary/aromatic N) is 2. The van der Waals surface area contributed by atoms with Gasteiger partial charge in [0.25, 0.3) is 11.6 Å². The van der Waals surface area contributed by atoms with Gasteiger partial charge in [-0.2, -0.15) is 0 Å². The van der Waals surface area contributed by atoms with Crippen LogP contribution in [0.2, 0.25) is 0 Å². The molecule has 116 valence electrons. The van der Waals surface area contributed by atoms with Gasteiger partial charge in [-0.1, -0.05) is 13.3 Å². The van der Waals surface area contributed by atoms with Crippen LogP contribution >= 0.6 is 0 Å². The van der Waals surface area contributed by atoms with E-state index >= 15 is 0 Å². The van der Waals surface area contributed by atoms with E-state index in [1.165, 1.54) is 23.1 Å². The molecule has 0 atom stereocenters. The summed E-state index contributed by atoms with van der Waals surface area (Å²) in [4.78, 5) is 24.3. The number of anilines is 1. The molecule has 0 fully saturated rings. The molecule has 0 bridgehead atoms. The molecule has 0 radical (unpaired) electrons. The molecule has 0 aliphatic rings. The van der Waals surface area contributed by atoms with Gasteiger partial charge in [0, 0.05) is 24.8 Å². The maximum Gasteiger partial charge on any atom is 0.282 e. The Labute approximate surface area is 122 Å². The molecule has 1 amide bonds. The van der Waals surface area contributed by atoms with Crippen LogP contribution in [-0.2, 0) is 0 Å². The van der Waals surface area contributed by atoms with Crippen LogP contribution < -0.4 is 11.3 Å². The fourth-order valence-corrected chi connectivity index (χ4v) is 1.91. The molecule has 1 aromatic rings. The molecule has 4 N–H and O–H groups in total. The zero-order valence-corrected chi connectivity index (χ0v) is 11.9. The number of unbranched alkanes of at least 4 members (excludes halogenated alkanes) is 1. The zero-order chi connectivity index (χ0) is 15.8. The Balaban J connectivity index is 3.14. The summed E-state index contributed by atoms with van der Waals surface area (Å²) in [5.41, 5.74) is 2.44. The molecular weight excluding hydrogens is 276 g/mol. The van der Waals surface area contributed by atoms with Crippen molar-refractivity contribution in [1.29, 1.82) is 0 Å². The fraction of sp³-hybridized carbons (Fsp3) is 0.462. The highest BCUT2D eigenvalue weighted by Crippen LogP contribution is 2.24. The van der Waals surface area contributed by atoms with Crippen LogP contribution in [0.25, 0.3) is 0 Å². The number of hydrazine groups is 1. The van der Waals surface area contributed by atoms with Gasteiger partial charge in [-0.15, -0.1) is 0 Å². The number of hydrogen-bond acceptors (Lipinski definition) is 6. The number of nitrogens with one attached hydrogen (secondary N) is 1. The van der Waals surface area contributed by atoms with Crippen molar-refractivity contribution in [2.24, 2.45) is 5.84 Å². The zero-order valence-electron chi connectivity index (χ0n) is 11.9. The van der Waals surface area contributed by atoms with Crippen molar-refractivity contribution in [2.45, 2.75) is 19.8 Å². The second kappa shape index (κ2) is 8.18. The second-order valence-corrected chi connectivity index (χ2v) is 4.50. The summed E-state index contributed by atoms with van der Waals surface area (Å²) < 4.78 is 0. The van der Waals surface area contributed by atoms with E-state index in [0.29, 0.717) is 12.2 Å². The first kappa shape index (κ1) is 16.9. The topological polar surface area (TPSA) is 122 Å². The third kappa shape index (κ3) is 4.40. The predicted molar refractivity (Wildman–Crippen MR) is 78.8 cm³/mol. The lowest BCUT2D eigenvalue weighted by Crippen LogP contribution is -2.34. The van der Waals surface area contributed by atoms with E-state index in [1.807, 2.05) is 6.92 Å². The number of nitro benzene ring substituents is 1. The SMILES string of the molecule is CCCCN(CCO)C(=O)c1cc(NN)ccc1[N+](=O)[O-]. The smallest absolute Gasteiger partial charge is 0.282 e. The van der Waals surface area contributed by atoms with Crippen molar-refractivity contribution in [3.63, 3.8) is 0 Å². The first-order valence-corrected chi connectivity index (χ1v) is 6.70. The first-order chi connectivity index (χ1) is 10.0. The molecule has 1 aromatic carbocycles. The highest BCUT2D eigenvalue weighted by molar-refractivity contribution is 5.99. The standard InChI is InChI=1S/C13H20N4O4/c1-2-3-6-16(7-8-18)13(19)11-9-10(15-14)4-5-12(11)17(20)21/h4-5,9,15,18H,2-3,6-8,14H2,1H3. The van der Waals surface area contributed by atoms with Crippen molar-refractivity contribution in [3.05, 3.63) is 33.9 Å². The lowest BCUT2D eigenvalue weighted by molar-refractivity contribution is -0.385. The predicted octanol–water partition coefficient (Wildman–Crippen LogP) is 1.12. The van der Waals surface area contributed by atoms with Crippen molar-refractivity contribution >= 4 is 17.3 Å². The Morgan fingerprint density at radius 2 is 2.19 bits per heavy atom.